The molecule has 0 aromatic rings. The highest BCUT2D eigenvalue weighted by Gasteiger charge is 2.20. The third kappa shape index (κ3) is 2.51. The van der Waals surface area contributed by atoms with Crippen LogP contribution in [0.2, 0.25) is 0 Å². The second-order valence-corrected chi connectivity index (χ2v) is 9.33. The van der Waals surface area contributed by atoms with Crippen LogP contribution in [0.1, 0.15) is 0 Å². The predicted molar refractivity (Wildman–Crippen MR) is 33.4 cm³/mol. The van der Waals surface area contributed by atoms with Gasteiger partial charge in [0.05, 0.1) is 0 Å². The van der Waals surface area contributed by atoms with Crippen LogP contribution in [0.25, 0.3) is 0 Å². The number of rotatable bonds is 1. The minimum absolute atomic E-state index is 0.841. The van der Waals surface area contributed by atoms with E-state index in [0.717, 1.165) is 12.5 Å². The average Bonchev–Trinajstić information content (AvgIpc) is 1.27. The molecule has 0 fully saturated rings. The van der Waals surface area contributed by atoms with Crippen molar-refractivity contribution >= 4 is 18.5 Å². The third-order valence-electron chi connectivity index (χ3n) is 0.407. The lowest BCUT2D eigenvalue weighted by Gasteiger charge is -2.27. The van der Waals surface area contributed by atoms with E-state index >= 15 is 0 Å². The summed E-state index contributed by atoms with van der Waals surface area (Å²) in [5, 5.41) is 0. The molecular formula is C2H8O4S2. The van der Waals surface area contributed by atoms with Crippen molar-refractivity contribution in [3.05, 3.63) is 0 Å². The van der Waals surface area contributed by atoms with Gasteiger partial charge in [-0.2, -0.15) is 4.21 Å². The van der Waals surface area contributed by atoms with Crippen molar-refractivity contribution in [1.29, 1.82) is 0 Å². The lowest BCUT2D eigenvalue weighted by atomic mass is 11.9. The van der Waals surface area contributed by atoms with Crippen LogP contribution in [-0.4, -0.2) is 30.0 Å². The molecule has 0 aliphatic carbocycles. The van der Waals surface area contributed by atoms with E-state index in [0.29, 0.717) is 0 Å². The van der Waals surface area contributed by atoms with Crippen LogP contribution in [0.5, 0.6) is 0 Å². The van der Waals surface area contributed by atoms with Gasteiger partial charge in [-0.05, 0) is 0 Å². The fraction of sp³-hybridized carbons (Fsp3) is 1.00. The standard InChI is InChI=1S/C2H8O4S2/c1-8(2,5,6)7(3)4/h1-2H3,(H,3,4)(H,5,6). The zero-order valence-electron chi connectivity index (χ0n) is 4.53. The molecule has 8 heavy (non-hydrogen) atoms. The maximum Gasteiger partial charge on any atom is 0.268 e. The monoisotopic (exact) mass is 160 g/mol. The van der Waals surface area contributed by atoms with Crippen LogP contribution in [0.15, 0.2) is 0 Å². The van der Waals surface area contributed by atoms with Crippen LogP contribution in [0.4, 0.5) is 0 Å². The fourth-order valence-corrected chi connectivity index (χ4v) is 0. The van der Waals surface area contributed by atoms with Crippen LogP contribution in [0.3, 0.4) is 0 Å². The third-order valence-corrected chi connectivity index (χ3v) is 3.66. The minimum Gasteiger partial charge on any atom is -0.291 e. The topological polar surface area (TPSA) is 74.6 Å². The molecule has 52 valence electrons. The van der Waals surface area contributed by atoms with Gasteiger partial charge in [-0.15, -0.1) is 8.38 Å². The first-order chi connectivity index (χ1) is 3.20. The van der Waals surface area contributed by atoms with Gasteiger partial charge in [0.2, 0.25) is 0 Å². The zero-order chi connectivity index (χ0) is 7.02. The van der Waals surface area contributed by atoms with E-state index in [4.69, 9.17) is 9.11 Å². The summed E-state index contributed by atoms with van der Waals surface area (Å²) in [7, 11) is -6.83. The van der Waals surface area contributed by atoms with Crippen molar-refractivity contribution in [2.24, 2.45) is 0 Å². The van der Waals surface area contributed by atoms with E-state index < -0.39 is 18.5 Å². The lowest BCUT2D eigenvalue weighted by Crippen LogP contribution is -2.32. The second-order valence-electron chi connectivity index (χ2n) is 1.87. The molecule has 0 aliphatic rings. The molecule has 0 spiro atoms. The van der Waals surface area contributed by atoms with Gasteiger partial charge in [0.25, 0.3) is 10.1 Å². The van der Waals surface area contributed by atoms with Crippen LogP contribution < -0.4 is 0 Å². The number of hydrogen-bond donors (Lipinski definition) is 2. The van der Waals surface area contributed by atoms with Gasteiger partial charge >= 0.3 is 0 Å². The molecule has 0 aliphatic heterocycles. The van der Waals surface area contributed by atoms with E-state index in [1.807, 2.05) is 0 Å². The Bertz CT molecular complexity index is 165. The molecule has 0 amide bonds. The highest BCUT2D eigenvalue weighted by atomic mass is 33.2. The Morgan fingerprint density at radius 1 is 1.50 bits per heavy atom. The molecule has 1 unspecified atom stereocenters. The van der Waals surface area contributed by atoms with E-state index in [1.54, 1.807) is 0 Å². The molecule has 0 saturated heterocycles. The fourth-order valence-electron chi connectivity index (χ4n) is 0. The summed E-state index contributed by atoms with van der Waals surface area (Å²) in [5.74, 6) is 0. The van der Waals surface area contributed by atoms with Gasteiger partial charge < -0.3 is 0 Å². The summed E-state index contributed by atoms with van der Waals surface area (Å²) in [6, 6.07) is 0. The summed E-state index contributed by atoms with van der Waals surface area (Å²) in [6.07, 6.45) is 1.68. The molecule has 0 saturated carbocycles. The van der Waals surface area contributed by atoms with Crippen molar-refractivity contribution < 1.29 is 17.5 Å². The molecule has 0 bridgehead atoms. The Balaban J connectivity index is 4.68. The first kappa shape index (κ1) is 8.22. The SMILES string of the molecule is CS(C)(=O)(O)S(=O)O. The summed E-state index contributed by atoms with van der Waals surface area (Å²) in [6.45, 7) is 0. The molecule has 0 aromatic heterocycles. The molecule has 0 aromatic carbocycles. The van der Waals surface area contributed by atoms with Gasteiger partial charge in [-0.3, -0.25) is 9.11 Å². The predicted octanol–water partition coefficient (Wildman–Crippen LogP) is -0.324. The molecule has 4 nitrogen and oxygen atoms in total. The van der Waals surface area contributed by atoms with Gasteiger partial charge in [-0.1, -0.05) is 0 Å². The van der Waals surface area contributed by atoms with Crippen molar-refractivity contribution in [3.63, 3.8) is 0 Å². The molecule has 0 heterocycles. The molecule has 2 N–H and O–H groups in total. The first-order valence-electron chi connectivity index (χ1n) is 1.68. The molecule has 0 radical (unpaired) electrons. The van der Waals surface area contributed by atoms with Crippen LogP contribution in [-0.2, 0) is 18.5 Å². The largest absolute Gasteiger partial charge is 0.291 e. The van der Waals surface area contributed by atoms with E-state index in [1.165, 1.54) is 0 Å². The normalized spacial score (nSPS) is 21.2. The first-order valence-corrected chi connectivity index (χ1v) is 6.04. The highest BCUT2D eigenvalue weighted by Crippen LogP contribution is 2.13. The quantitative estimate of drug-likeness (QED) is 0.407. The lowest BCUT2D eigenvalue weighted by molar-refractivity contribution is 0.523. The minimum atomic E-state index is -4.19. The van der Waals surface area contributed by atoms with Crippen LogP contribution in [0, 0.1) is 0 Å². The second kappa shape index (κ2) is 1.60. The van der Waals surface area contributed by atoms with Gasteiger partial charge in [-0.25, -0.2) is 4.21 Å². The summed E-state index contributed by atoms with van der Waals surface area (Å²) in [5.41, 5.74) is 0. The summed E-state index contributed by atoms with van der Waals surface area (Å²) in [4.78, 5) is 0. The van der Waals surface area contributed by atoms with Crippen molar-refractivity contribution in [2.75, 3.05) is 12.5 Å². The van der Waals surface area contributed by atoms with Gasteiger partial charge in [0.15, 0.2) is 0 Å². The zero-order valence-corrected chi connectivity index (χ0v) is 6.16. The van der Waals surface area contributed by atoms with E-state index in [2.05, 4.69) is 0 Å². The Labute approximate surface area is 49.2 Å². The van der Waals surface area contributed by atoms with Crippen LogP contribution >= 0.6 is 0 Å². The van der Waals surface area contributed by atoms with Crippen molar-refractivity contribution in [3.8, 4) is 0 Å². The van der Waals surface area contributed by atoms with E-state index in [-0.39, 0.29) is 0 Å². The Kier molecular flexibility index (Phi) is 1.64. The maximum absolute atomic E-state index is 10.5. The Hall–Kier alpha value is 0.220. The number of hydrogen-bond acceptors (Lipinski definition) is 2. The smallest absolute Gasteiger partial charge is 0.268 e. The summed E-state index contributed by atoms with van der Waals surface area (Å²) < 4.78 is 37.1. The van der Waals surface area contributed by atoms with Gasteiger partial charge in [0.1, 0.15) is 0 Å². The van der Waals surface area contributed by atoms with Crippen molar-refractivity contribution in [1.82, 2.24) is 0 Å². The Morgan fingerprint density at radius 3 is 1.62 bits per heavy atom. The Morgan fingerprint density at radius 2 is 1.62 bits per heavy atom. The van der Waals surface area contributed by atoms with Gasteiger partial charge in [0, 0.05) is 12.5 Å². The van der Waals surface area contributed by atoms with E-state index in [9.17, 15) is 8.42 Å². The highest BCUT2D eigenvalue weighted by molar-refractivity contribution is 8.74. The summed E-state index contributed by atoms with van der Waals surface area (Å²) >= 11 is 0. The molecule has 6 heteroatoms. The molecule has 0 rings (SSSR count). The maximum atomic E-state index is 10.5. The van der Waals surface area contributed by atoms with Crippen molar-refractivity contribution in [2.45, 2.75) is 0 Å². The average molecular weight is 160 g/mol. The molecule has 1 atom stereocenters. The molecular weight excluding hydrogens is 152 g/mol.